The summed E-state index contributed by atoms with van der Waals surface area (Å²) in [5, 5.41) is 12.9. The summed E-state index contributed by atoms with van der Waals surface area (Å²) in [6, 6.07) is 0. The largest absolute Gasteiger partial charge is 0.447 e. The van der Waals surface area contributed by atoms with Crippen molar-refractivity contribution in [1.82, 2.24) is 24.8 Å². The molecule has 1 atom stereocenters. The van der Waals surface area contributed by atoms with Crippen molar-refractivity contribution in [2.75, 3.05) is 75.2 Å². The number of nitrogens with two attached hydrogens (primary N) is 1. The number of ether oxygens (including phenoxy) is 2. The molecule has 0 bridgehead atoms. The minimum absolute atomic E-state index is 0.0136. The number of nitrogen functional groups attached to an aromatic ring is 1. The molecule has 2 aliphatic rings. The summed E-state index contributed by atoms with van der Waals surface area (Å²) in [5.74, 6) is -0.477. The van der Waals surface area contributed by atoms with Crippen molar-refractivity contribution in [3.8, 4) is 11.3 Å². The maximum Gasteiger partial charge on any atom is 0.409 e. The summed E-state index contributed by atoms with van der Waals surface area (Å²) in [5.41, 5.74) is 5.00. The molecular weight excluding hydrogens is 466 g/mol. The van der Waals surface area contributed by atoms with Gasteiger partial charge in [0.1, 0.15) is 19.0 Å². The molecular formula is C21H28F2N8O4. The van der Waals surface area contributed by atoms with Gasteiger partial charge >= 0.3 is 6.09 Å². The molecule has 2 aromatic rings. The van der Waals surface area contributed by atoms with E-state index in [-0.39, 0.29) is 43.6 Å². The summed E-state index contributed by atoms with van der Waals surface area (Å²) in [6.07, 6.45) is 2.71. The van der Waals surface area contributed by atoms with E-state index in [2.05, 4.69) is 25.3 Å². The predicted molar refractivity (Wildman–Crippen MR) is 122 cm³/mol. The van der Waals surface area contributed by atoms with Crippen LogP contribution >= 0.6 is 0 Å². The van der Waals surface area contributed by atoms with Gasteiger partial charge in [-0.15, -0.1) is 0 Å². The fourth-order valence-corrected chi connectivity index (χ4v) is 4.15. The maximum absolute atomic E-state index is 15.8. The highest BCUT2D eigenvalue weighted by Gasteiger charge is 2.41. The number of aliphatic hydroxyl groups excluding tert-OH is 1. The van der Waals surface area contributed by atoms with Crippen molar-refractivity contribution in [1.29, 1.82) is 0 Å². The monoisotopic (exact) mass is 494 g/mol. The fourth-order valence-electron chi connectivity index (χ4n) is 4.15. The van der Waals surface area contributed by atoms with Gasteiger partial charge in [-0.25, -0.2) is 28.5 Å². The molecule has 0 saturated carbocycles. The molecule has 0 radical (unpaired) electrons. The van der Waals surface area contributed by atoms with Crippen LogP contribution in [0.4, 0.5) is 31.3 Å². The molecule has 0 unspecified atom stereocenters. The van der Waals surface area contributed by atoms with E-state index in [0.29, 0.717) is 50.8 Å². The standard InChI is InChI=1S/C21H28F2N8O4/c22-3-8-35-20(33)31-4-1-21(13-31,2-7-32)29-17-15(23)16(14-11-25-18(24)26-12-14)27-19(28-17)30-5-9-34-10-6-30/h11-12,32H,1-10,13H2,(H2,24,25,26)(H,27,28,29)/t21-/m1/s1. The molecule has 2 aliphatic heterocycles. The third-order valence-corrected chi connectivity index (χ3v) is 5.97. The van der Waals surface area contributed by atoms with Gasteiger partial charge in [0.15, 0.2) is 11.6 Å². The highest BCUT2D eigenvalue weighted by atomic mass is 19.1. The summed E-state index contributed by atoms with van der Waals surface area (Å²) in [6.45, 7) is 1.09. The smallest absolute Gasteiger partial charge is 0.409 e. The number of hydrogen-bond donors (Lipinski definition) is 3. The number of halogens is 2. The lowest BCUT2D eigenvalue weighted by atomic mass is 9.94. The van der Waals surface area contributed by atoms with Gasteiger partial charge in [-0.3, -0.25) is 0 Å². The lowest BCUT2D eigenvalue weighted by molar-refractivity contribution is 0.102. The number of nitrogens with zero attached hydrogens (tertiary/aromatic N) is 6. The second-order valence-electron chi connectivity index (χ2n) is 8.32. The number of aromatic nitrogens is 4. The molecule has 12 nitrogen and oxygen atoms in total. The van der Waals surface area contributed by atoms with E-state index in [1.54, 1.807) is 0 Å². The van der Waals surface area contributed by atoms with E-state index in [9.17, 15) is 14.3 Å². The van der Waals surface area contributed by atoms with Gasteiger partial charge in [0.25, 0.3) is 0 Å². The molecule has 190 valence electrons. The minimum atomic E-state index is -0.879. The van der Waals surface area contributed by atoms with E-state index in [4.69, 9.17) is 15.2 Å². The van der Waals surface area contributed by atoms with Crippen molar-refractivity contribution in [2.24, 2.45) is 0 Å². The zero-order valence-electron chi connectivity index (χ0n) is 19.1. The molecule has 14 heteroatoms. The summed E-state index contributed by atoms with van der Waals surface area (Å²) in [4.78, 5) is 32.3. The van der Waals surface area contributed by atoms with E-state index in [1.165, 1.54) is 17.3 Å². The first kappa shape index (κ1) is 24.7. The van der Waals surface area contributed by atoms with Crippen molar-refractivity contribution >= 4 is 23.8 Å². The Morgan fingerprint density at radius 1 is 1.26 bits per heavy atom. The number of alkyl halides is 1. The predicted octanol–water partition coefficient (Wildman–Crippen LogP) is 0.836. The Kier molecular flexibility index (Phi) is 7.70. The Morgan fingerprint density at radius 3 is 2.69 bits per heavy atom. The number of likely N-dealkylation sites (tertiary alicyclic amines) is 1. The average molecular weight is 495 g/mol. The molecule has 0 aliphatic carbocycles. The van der Waals surface area contributed by atoms with E-state index < -0.39 is 24.1 Å². The molecule has 2 fully saturated rings. The van der Waals surface area contributed by atoms with E-state index in [1.807, 2.05) is 4.90 Å². The Morgan fingerprint density at radius 2 is 2.00 bits per heavy atom. The molecule has 2 saturated heterocycles. The third-order valence-electron chi connectivity index (χ3n) is 5.97. The summed E-state index contributed by atoms with van der Waals surface area (Å²) in [7, 11) is 0. The van der Waals surface area contributed by atoms with Gasteiger partial charge in [0, 0.05) is 50.7 Å². The quantitative estimate of drug-likeness (QED) is 0.479. The topological polar surface area (TPSA) is 152 Å². The second kappa shape index (κ2) is 10.9. The van der Waals surface area contributed by atoms with Crippen LogP contribution in [0, 0.1) is 5.82 Å². The number of hydrogen-bond acceptors (Lipinski definition) is 11. The molecule has 4 rings (SSSR count). The van der Waals surface area contributed by atoms with Gasteiger partial charge in [0.2, 0.25) is 11.9 Å². The fraction of sp³-hybridized carbons (Fsp3) is 0.571. The van der Waals surface area contributed by atoms with Crippen LogP contribution in [0.3, 0.4) is 0 Å². The molecule has 1 amide bonds. The summed E-state index contributed by atoms with van der Waals surface area (Å²) < 4.78 is 38.5. The number of carbonyl (C=O) groups is 1. The Labute approximate surface area is 200 Å². The van der Waals surface area contributed by atoms with E-state index in [0.717, 1.165) is 0 Å². The number of rotatable bonds is 8. The van der Waals surface area contributed by atoms with Gasteiger partial charge in [-0.1, -0.05) is 0 Å². The minimum Gasteiger partial charge on any atom is -0.447 e. The van der Waals surface area contributed by atoms with E-state index >= 15 is 4.39 Å². The van der Waals surface area contributed by atoms with Crippen molar-refractivity contribution in [3.63, 3.8) is 0 Å². The average Bonchev–Trinajstić information content (AvgIpc) is 3.29. The van der Waals surface area contributed by atoms with Gasteiger partial charge in [-0.05, 0) is 12.8 Å². The number of amides is 1. The van der Waals surface area contributed by atoms with Crippen LogP contribution in [0.2, 0.25) is 0 Å². The first-order chi connectivity index (χ1) is 16.9. The van der Waals surface area contributed by atoms with Crippen LogP contribution in [-0.4, -0.2) is 101 Å². The lowest BCUT2D eigenvalue weighted by Gasteiger charge is -2.32. The molecule has 0 aromatic carbocycles. The number of morpholine rings is 1. The second-order valence-corrected chi connectivity index (χ2v) is 8.32. The van der Waals surface area contributed by atoms with Gasteiger partial charge < -0.3 is 35.4 Å². The lowest BCUT2D eigenvalue weighted by Crippen LogP contribution is -2.44. The molecule has 0 spiro atoms. The SMILES string of the molecule is Nc1ncc(-c2nc(N3CCOCC3)nc(N[C@@]3(CCO)CCN(C(=O)OCCF)C3)c2F)cn1. The Balaban J connectivity index is 1.68. The summed E-state index contributed by atoms with van der Waals surface area (Å²) >= 11 is 0. The molecule has 4 heterocycles. The first-order valence-corrected chi connectivity index (χ1v) is 11.3. The zero-order valence-corrected chi connectivity index (χ0v) is 19.1. The van der Waals surface area contributed by atoms with Crippen molar-refractivity contribution < 1.29 is 28.2 Å². The zero-order chi connectivity index (χ0) is 24.8. The number of anilines is 3. The molecule has 2 aromatic heterocycles. The van der Waals surface area contributed by atoms with Gasteiger partial charge in [-0.2, -0.15) is 4.98 Å². The Bertz CT molecular complexity index is 1030. The number of nitrogens with one attached hydrogen (secondary N) is 1. The highest BCUT2D eigenvalue weighted by molar-refractivity contribution is 5.69. The van der Waals surface area contributed by atoms with Crippen LogP contribution in [0.15, 0.2) is 12.4 Å². The first-order valence-electron chi connectivity index (χ1n) is 11.3. The van der Waals surface area contributed by atoms with Crippen molar-refractivity contribution in [3.05, 3.63) is 18.2 Å². The van der Waals surface area contributed by atoms with Crippen LogP contribution in [-0.2, 0) is 9.47 Å². The molecule has 35 heavy (non-hydrogen) atoms. The highest BCUT2D eigenvalue weighted by Crippen LogP contribution is 2.33. The third kappa shape index (κ3) is 5.65. The van der Waals surface area contributed by atoms with Gasteiger partial charge in [0.05, 0.1) is 18.8 Å². The maximum atomic E-state index is 15.8. The van der Waals surface area contributed by atoms with Crippen LogP contribution in [0.1, 0.15) is 12.8 Å². The van der Waals surface area contributed by atoms with Crippen LogP contribution in [0.5, 0.6) is 0 Å². The van der Waals surface area contributed by atoms with Crippen LogP contribution in [0.25, 0.3) is 11.3 Å². The Hall–Kier alpha value is -3.39. The number of carbonyl (C=O) groups excluding carboxylic acids is 1. The number of aliphatic hydroxyl groups is 1. The normalized spacial score (nSPS) is 20.2. The van der Waals surface area contributed by atoms with Crippen molar-refractivity contribution in [2.45, 2.75) is 18.4 Å². The molecule has 4 N–H and O–H groups in total. The van der Waals surface area contributed by atoms with Crippen LogP contribution < -0.4 is 16.0 Å².